The Morgan fingerprint density at radius 1 is 1.10 bits per heavy atom. The van der Waals surface area contributed by atoms with E-state index in [-0.39, 0.29) is 36.1 Å². The zero-order valence-electron chi connectivity index (χ0n) is 23.5. The molecule has 4 heterocycles. The molecule has 0 saturated heterocycles. The molecule has 4 aromatic heterocycles. The number of nitrogens with zero attached hydrogens (tertiary/aromatic N) is 5. The molecule has 2 saturated carbocycles. The van der Waals surface area contributed by atoms with Gasteiger partial charge in [0.1, 0.15) is 24.0 Å². The average molecular weight is 562 g/mol. The first-order chi connectivity index (χ1) is 19.6. The number of hydrogen-bond acceptors (Lipinski definition) is 8. The Balaban J connectivity index is 1.12. The molecule has 0 bridgehead atoms. The van der Waals surface area contributed by atoms with Crippen molar-refractivity contribution in [3.05, 3.63) is 47.4 Å². The molecule has 2 aliphatic rings. The Labute approximate surface area is 236 Å². The van der Waals surface area contributed by atoms with E-state index in [0.717, 1.165) is 42.3 Å². The molecular formula is C29H35N7O5. The molecule has 0 atom stereocenters. The van der Waals surface area contributed by atoms with Gasteiger partial charge in [0.15, 0.2) is 5.65 Å². The predicted octanol–water partition coefficient (Wildman–Crippen LogP) is 2.86. The van der Waals surface area contributed by atoms with Crippen LogP contribution in [0, 0.1) is 0 Å². The maximum atomic E-state index is 13.3. The number of aryl methyl sites for hydroxylation is 1. The molecule has 0 radical (unpaired) electrons. The highest BCUT2D eigenvalue weighted by Crippen LogP contribution is 2.44. The molecule has 0 aromatic carbocycles. The quantitative estimate of drug-likeness (QED) is 0.281. The SMILES string of the molecule is Cn1ncc2cc(C(N)=O)c(OC3CCC(NC(=O)c4cnn5c(C6CC6)c(OCC(C)(C)O)ccc45)CC3)nc21. The van der Waals surface area contributed by atoms with Gasteiger partial charge in [0.2, 0.25) is 5.88 Å². The topological polar surface area (TPSA) is 159 Å². The first kappa shape index (κ1) is 27.0. The van der Waals surface area contributed by atoms with Gasteiger partial charge in [-0.15, -0.1) is 0 Å². The van der Waals surface area contributed by atoms with Crippen LogP contribution >= 0.6 is 0 Å². The van der Waals surface area contributed by atoms with Crippen molar-refractivity contribution in [3.63, 3.8) is 0 Å². The minimum Gasteiger partial charge on any atom is -0.489 e. The van der Waals surface area contributed by atoms with Gasteiger partial charge in [0, 0.05) is 24.4 Å². The second-order valence-corrected chi connectivity index (χ2v) is 11.8. The summed E-state index contributed by atoms with van der Waals surface area (Å²) in [6, 6.07) is 5.36. The van der Waals surface area contributed by atoms with Gasteiger partial charge in [-0.2, -0.15) is 15.2 Å². The van der Waals surface area contributed by atoms with Gasteiger partial charge >= 0.3 is 0 Å². The molecule has 2 fully saturated rings. The summed E-state index contributed by atoms with van der Waals surface area (Å²) in [5, 5.41) is 22.7. The maximum absolute atomic E-state index is 13.3. The van der Waals surface area contributed by atoms with Crippen LogP contribution in [0.2, 0.25) is 0 Å². The Morgan fingerprint density at radius 3 is 2.54 bits per heavy atom. The molecule has 0 aliphatic heterocycles. The monoisotopic (exact) mass is 561 g/mol. The Kier molecular flexibility index (Phi) is 6.80. The lowest BCUT2D eigenvalue weighted by Crippen LogP contribution is -2.39. The van der Waals surface area contributed by atoms with Crippen molar-refractivity contribution in [1.82, 2.24) is 29.7 Å². The van der Waals surface area contributed by atoms with Crippen molar-refractivity contribution in [2.24, 2.45) is 12.8 Å². The molecule has 0 spiro atoms. The van der Waals surface area contributed by atoms with Crippen LogP contribution < -0.4 is 20.5 Å². The minimum atomic E-state index is -0.956. The Hall–Kier alpha value is -4.19. The number of carbonyl (C=O) groups is 2. The number of aliphatic hydroxyl groups is 1. The summed E-state index contributed by atoms with van der Waals surface area (Å²) in [5.41, 5.74) is 7.66. The maximum Gasteiger partial charge on any atom is 0.255 e. The Morgan fingerprint density at radius 2 is 1.85 bits per heavy atom. The van der Waals surface area contributed by atoms with Crippen molar-refractivity contribution >= 4 is 28.4 Å². The first-order valence-corrected chi connectivity index (χ1v) is 14.0. The number of amides is 2. The number of fused-ring (bicyclic) bond motifs is 2. The fourth-order valence-corrected chi connectivity index (χ4v) is 5.41. The Bertz CT molecular complexity index is 1620. The van der Waals surface area contributed by atoms with E-state index < -0.39 is 11.5 Å². The molecule has 216 valence electrons. The van der Waals surface area contributed by atoms with Crippen molar-refractivity contribution in [2.75, 3.05) is 6.61 Å². The van der Waals surface area contributed by atoms with Crippen molar-refractivity contribution < 1.29 is 24.2 Å². The summed E-state index contributed by atoms with van der Waals surface area (Å²) in [5.74, 6) is 0.450. The first-order valence-electron chi connectivity index (χ1n) is 14.0. The van der Waals surface area contributed by atoms with E-state index in [4.69, 9.17) is 15.2 Å². The molecule has 2 amide bonds. The molecule has 41 heavy (non-hydrogen) atoms. The van der Waals surface area contributed by atoms with Crippen LogP contribution in [0.3, 0.4) is 0 Å². The van der Waals surface area contributed by atoms with Gasteiger partial charge in [0.05, 0.1) is 34.8 Å². The fraction of sp³-hybridized carbons (Fsp3) is 0.483. The van der Waals surface area contributed by atoms with Gasteiger partial charge in [0.25, 0.3) is 11.8 Å². The highest BCUT2D eigenvalue weighted by molar-refractivity contribution is 6.01. The largest absolute Gasteiger partial charge is 0.489 e. The molecule has 12 heteroatoms. The van der Waals surface area contributed by atoms with Crippen LogP contribution in [0.1, 0.15) is 84.7 Å². The summed E-state index contributed by atoms with van der Waals surface area (Å²) in [6.07, 6.45) is 7.99. The van der Waals surface area contributed by atoms with E-state index in [1.807, 2.05) is 12.1 Å². The van der Waals surface area contributed by atoms with Gasteiger partial charge < -0.3 is 25.6 Å². The summed E-state index contributed by atoms with van der Waals surface area (Å²) in [6.45, 7) is 3.57. The van der Waals surface area contributed by atoms with E-state index in [0.29, 0.717) is 35.7 Å². The number of nitrogens with two attached hydrogens (primary N) is 1. The zero-order chi connectivity index (χ0) is 28.9. The number of rotatable bonds is 9. The molecule has 2 aliphatic carbocycles. The van der Waals surface area contributed by atoms with Gasteiger partial charge in [-0.1, -0.05) is 0 Å². The predicted molar refractivity (Wildman–Crippen MR) is 150 cm³/mol. The minimum absolute atomic E-state index is 0.0160. The van der Waals surface area contributed by atoms with Crippen molar-refractivity contribution in [1.29, 1.82) is 0 Å². The third-order valence-electron chi connectivity index (χ3n) is 7.69. The van der Waals surface area contributed by atoms with Gasteiger partial charge in [-0.05, 0) is 70.6 Å². The number of hydrogen-bond donors (Lipinski definition) is 3. The van der Waals surface area contributed by atoms with Crippen LogP contribution in [-0.4, -0.2) is 65.7 Å². The van der Waals surface area contributed by atoms with Crippen LogP contribution in [0.4, 0.5) is 0 Å². The lowest BCUT2D eigenvalue weighted by atomic mass is 9.92. The highest BCUT2D eigenvalue weighted by Gasteiger charge is 2.32. The third-order valence-corrected chi connectivity index (χ3v) is 7.69. The summed E-state index contributed by atoms with van der Waals surface area (Å²) < 4.78 is 15.5. The number of ether oxygens (including phenoxy) is 2. The smallest absolute Gasteiger partial charge is 0.255 e. The summed E-state index contributed by atoms with van der Waals surface area (Å²) in [7, 11) is 1.78. The fourth-order valence-electron chi connectivity index (χ4n) is 5.41. The van der Waals surface area contributed by atoms with E-state index in [1.165, 1.54) is 0 Å². The standard InChI is InChI=1S/C29H35N7O5/c1-29(2,39)15-40-23-11-10-22-21(14-32-36(22)24(23)16-4-5-16)27(38)33-18-6-8-19(9-7-18)41-28-20(25(30)37)12-17-13-31-35(3)26(17)34-28/h10-14,16,18-19,39H,4-9,15H2,1-3H3,(H2,30,37)(H,33,38). The molecule has 6 rings (SSSR count). The number of pyridine rings is 2. The lowest BCUT2D eigenvalue weighted by molar-refractivity contribution is 0.0279. The van der Waals surface area contributed by atoms with E-state index in [9.17, 15) is 14.7 Å². The highest BCUT2D eigenvalue weighted by atomic mass is 16.5. The molecular weight excluding hydrogens is 526 g/mol. The summed E-state index contributed by atoms with van der Waals surface area (Å²) in [4.78, 5) is 29.9. The number of aromatic nitrogens is 5. The van der Waals surface area contributed by atoms with Crippen LogP contribution in [0.5, 0.6) is 11.6 Å². The number of nitrogens with one attached hydrogen (secondary N) is 1. The van der Waals surface area contributed by atoms with Crippen molar-refractivity contribution in [2.45, 2.75) is 76.0 Å². The van der Waals surface area contributed by atoms with Crippen LogP contribution in [0.25, 0.3) is 16.6 Å². The molecule has 12 nitrogen and oxygen atoms in total. The van der Waals surface area contributed by atoms with Crippen molar-refractivity contribution in [3.8, 4) is 11.6 Å². The number of carbonyl (C=O) groups excluding carboxylic acids is 2. The average Bonchev–Trinajstić information content (AvgIpc) is 3.57. The lowest BCUT2D eigenvalue weighted by Gasteiger charge is -2.29. The van der Waals surface area contributed by atoms with Crippen LogP contribution in [0.15, 0.2) is 30.6 Å². The van der Waals surface area contributed by atoms with E-state index >= 15 is 0 Å². The van der Waals surface area contributed by atoms with E-state index in [1.54, 1.807) is 48.6 Å². The number of primary amides is 1. The zero-order valence-corrected chi connectivity index (χ0v) is 23.5. The molecule has 0 unspecified atom stereocenters. The normalized spacial score (nSPS) is 19.4. The second kappa shape index (κ2) is 10.3. The second-order valence-electron chi connectivity index (χ2n) is 11.8. The third kappa shape index (κ3) is 5.56. The van der Waals surface area contributed by atoms with Crippen LogP contribution in [-0.2, 0) is 7.05 Å². The van der Waals surface area contributed by atoms with E-state index in [2.05, 4.69) is 20.5 Å². The molecule has 4 N–H and O–H groups in total. The summed E-state index contributed by atoms with van der Waals surface area (Å²) >= 11 is 0. The molecule has 4 aromatic rings. The van der Waals surface area contributed by atoms with Gasteiger partial charge in [-0.25, -0.2) is 4.52 Å². The van der Waals surface area contributed by atoms with Gasteiger partial charge in [-0.3, -0.25) is 14.3 Å².